The molecule has 90 valence electrons. The Morgan fingerprint density at radius 2 is 2.18 bits per heavy atom. The molecule has 2 rings (SSSR count). The Morgan fingerprint density at radius 3 is 2.76 bits per heavy atom. The number of nitrogens with zero attached hydrogens (tertiary/aromatic N) is 3. The second-order valence-electron chi connectivity index (χ2n) is 3.60. The van der Waals surface area contributed by atoms with Gasteiger partial charge in [0.05, 0.1) is 18.5 Å². The number of pyridine rings is 1. The molecule has 0 aromatic carbocycles. The Bertz CT molecular complexity index is 538. The van der Waals surface area contributed by atoms with Crippen molar-refractivity contribution < 1.29 is 4.74 Å². The summed E-state index contributed by atoms with van der Waals surface area (Å²) in [5, 5.41) is 6.00. The average Bonchev–Trinajstić information content (AvgIpc) is 2.60. The van der Waals surface area contributed by atoms with Crippen molar-refractivity contribution in [3.8, 4) is 5.88 Å². The molecule has 0 aliphatic carbocycles. The Kier molecular flexibility index (Phi) is 3.23. The van der Waals surface area contributed by atoms with Crippen LogP contribution in [0.2, 0.25) is 0 Å². The van der Waals surface area contributed by atoms with E-state index in [1.807, 2.05) is 20.0 Å². The molecule has 17 heavy (non-hydrogen) atoms. The van der Waals surface area contributed by atoms with Gasteiger partial charge in [-0.2, -0.15) is 5.10 Å². The molecular formula is C11H14N4OS. The van der Waals surface area contributed by atoms with E-state index in [4.69, 9.17) is 10.5 Å². The van der Waals surface area contributed by atoms with Gasteiger partial charge in [-0.15, -0.1) is 0 Å². The van der Waals surface area contributed by atoms with Gasteiger partial charge in [0.25, 0.3) is 0 Å². The molecule has 2 aromatic heterocycles. The third-order valence-electron chi connectivity index (χ3n) is 2.23. The molecule has 0 radical (unpaired) electrons. The van der Waals surface area contributed by atoms with Crippen LogP contribution in [0, 0.1) is 6.92 Å². The van der Waals surface area contributed by atoms with Crippen molar-refractivity contribution in [2.75, 3.05) is 12.8 Å². The van der Waals surface area contributed by atoms with Gasteiger partial charge in [0.1, 0.15) is 10.1 Å². The number of nitrogen functional groups attached to an aromatic ring is 1. The molecule has 2 N–H and O–H groups in total. The first kappa shape index (κ1) is 11.8. The number of rotatable bonds is 3. The maximum absolute atomic E-state index is 5.88. The molecule has 0 atom stereocenters. The van der Waals surface area contributed by atoms with Gasteiger partial charge in [0, 0.05) is 13.1 Å². The Labute approximate surface area is 104 Å². The Balaban J connectivity index is 2.32. The maximum Gasteiger partial charge on any atom is 0.214 e. The van der Waals surface area contributed by atoms with Crippen molar-refractivity contribution >= 4 is 17.4 Å². The highest BCUT2D eigenvalue weighted by Crippen LogP contribution is 2.31. The van der Waals surface area contributed by atoms with Crippen LogP contribution in [0.15, 0.2) is 28.3 Å². The van der Waals surface area contributed by atoms with Gasteiger partial charge in [-0.1, -0.05) is 0 Å². The molecule has 0 amide bonds. The number of aromatic nitrogens is 3. The lowest BCUT2D eigenvalue weighted by Crippen LogP contribution is -1.97. The summed E-state index contributed by atoms with van der Waals surface area (Å²) in [6.45, 7) is 1.95. The van der Waals surface area contributed by atoms with Crippen molar-refractivity contribution in [3.05, 3.63) is 23.9 Å². The van der Waals surface area contributed by atoms with Gasteiger partial charge in [-0.25, -0.2) is 4.98 Å². The molecule has 6 heteroatoms. The van der Waals surface area contributed by atoms with E-state index in [-0.39, 0.29) is 0 Å². The van der Waals surface area contributed by atoms with E-state index >= 15 is 0 Å². The first-order valence-corrected chi connectivity index (χ1v) is 5.91. The van der Waals surface area contributed by atoms with Crippen molar-refractivity contribution in [1.82, 2.24) is 14.8 Å². The number of hydrogen-bond donors (Lipinski definition) is 1. The van der Waals surface area contributed by atoms with E-state index in [1.165, 1.54) is 11.8 Å². The van der Waals surface area contributed by atoms with Crippen molar-refractivity contribution in [2.45, 2.75) is 17.0 Å². The molecule has 2 heterocycles. The number of nitrogens with two attached hydrogens (primary N) is 1. The zero-order valence-electron chi connectivity index (χ0n) is 9.97. The number of aryl methyl sites for hydroxylation is 2. The minimum Gasteiger partial charge on any atom is -0.481 e. The van der Waals surface area contributed by atoms with Crippen LogP contribution in [0.5, 0.6) is 5.88 Å². The van der Waals surface area contributed by atoms with Gasteiger partial charge in [0.15, 0.2) is 0 Å². The molecule has 0 unspecified atom stereocenters. The molecule has 5 nitrogen and oxygen atoms in total. The first-order chi connectivity index (χ1) is 8.10. The van der Waals surface area contributed by atoms with Crippen molar-refractivity contribution in [2.24, 2.45) is 7.05 Å². The summed E-state index contributed by atoms with van der Waals surface area (Å²) < 4.78 is 6.89. The monoisotopic (exact) mass is 250 g/mol. The summed E-state index contributed by atoms with van der Waals surface area (Å²) in [5.74, 6) is 0.556. The highest BCUT2D eigenvalue weighted by molar-refractivity contribution is 7.99. The van der Waals surface area contributed by atoms with E-state index in [2.05, 4.69) is 10.1 Å². The van der Waals surface area contributed by atoms with Crippen LogP contribution in [-0.4, -0.2) is 21.9 Å². The topological polar surface area (TPSA) is 66.0 Å². The van der Waals surface area contributed by atoms with Gasteiger partial charge in [-0.3, -0.25) is 4.68 Å². The number of hydrogen-bond acceptors (Lipinski definition) is 5. The smallest absolute Gasteiger partial charge is 0.214 e. The first-order valence-electron chi connectivity index (χ1n) is 5.09. The number of methoxy groups -OCH3 is 1. The van der Waals surface area contributed by atoms with Crippen LogP contribution in [0.3, 0.4) is 0 Å². The molecule has 0 bridgehead atoms. The quantitative estimate of drug-likeness (QED) is 0.900. The van der Waals surface area contributed by atoms with Gasteiger partial charge < -0.3 is 10.5 Å². The highest BCUT2D eigenvalue weighted by atomic mass is 32.2. The lowest BCUT2D eigenvalue weighted by atomic mass is 10.4. The number of anilines is 1. The van der Waals surface area contributed by atoms with Crippen LogP contribution in [0.1, 0.15) is 5.69 Å². The Morgan fingerprint density at radius 1 is 1.41 bits per heavy atom. The van der Waals surface area contributed by atoms with Crippen LogP contribution < -0.4 is 10.5 Å². The second kappa shape index (κ2) is 4.67. The minimum absolute atomic E-state index is 0.556. The number of ether oxygens (including phenoxy) is 1. The SMILES string of the molecule is COc1ccc(N)c(Sc2cc(C)nn2C)n1. The predicted molar refractivity (Wildman–Crippen MR) is 67.3 cm³/mol. The van der Waals surface area contributed by atoms with E-state index in [0.29, 0.717) is 11.6 Å². The molecule has 0 aliphatic rings. The molecule has 0 aliphatic heterocycles. The Hall–Kier alpha value is -1.69. The highest BCUT2D eigenvalue weighted by Gasteiger charge is 2.09. The molecular weight excluding hydrogens is 236 g/mol. The predicted octanol–water partition coefficient (Wildman–Crippen LogP) is 1.87. The second-order valence-corrected chi connectivity index (χ2v) is 4.61. The lowest BCUT2D eigenvalue weighted by molar-refractivity contribution is 0.395. The van der Waals surface area contributed by atoms with E-state index in [9.17, 15) is 0 Å². The molecule has 0 saturated carbocycles. The summed E-state index contributed by atoms with van der Waals surface area (Å²) in [6.07, 6.45) is 0. The molecule has 0 spiro atoms. The lowest BCUT2D eigenvalue weighted by Gasteiger charge is -2.06. The van der Waals surface area contributed by atoms with E-state index in [1.54, 1.807) is 23.9 Å². The summed E-state index contributed by atoms with van der Waals surface area (Å²) >= 11 is 1.48. The normalized spacial score (nSPS) is 10.5. The zero-order chi connectivity index (χ0) is 12.4. The molecule has 0 fully saturated rings. The largest absolute Gasteiger partial charge is 0.481 e. The van der Waals surface area contributed by atoms with Gasteiger partial charge >= 0.3 is 0 Å². The standard InChI is InChI=1S/C11H14N4OS/c1-7-6-10(15(2)14-7)17-11-8(12)4-5-9(13-11)16-3/h4-6H,12H2,1-3H3. The van der Waals surface area contributed by atoms with Crippen LogP contribution in [0.25, 0.3) is 0 Å². The van der Waals surface area contributed by atoms with E-state index in [0.717, 1.165) is 15.7 Å². The maximum atomic E-state index is 5.88. The fourth-order valence-electron chi connectivity index (χ4n) is 1.41. The van der Waals surface area contributed by atoms with E-state index < -0.39 is 0 Å². The fraction of sp³-hybridized carbons (Fsp3) is 0.273. The summed E-state index contributed by atoms with van der Waals surface area (Å²) in [5.41, 5.74) is 7.48. The fourth-order valence-corrected chi connectivity index (χ4v) is 2.33. The zero-order valence-corrected chi connectivity index (χ0v) is 10.8. The van der Waals surface area contributed by atoms with Gasteiger partial charge in [-0.05, 0) is 30.8 Å². The van der Waals surface area contributed by atoms with Crippen LogP contribution in [0.4, 0.5) is 5.69 Å². The van der Waals surface area contributed by atoms with Gasteiger partial charge in [0.2, 0.25) is 5.88 Å². The van der Waals surface area contributed by atoms with Crippen molar-refractivity contribution in [3.63, 3.8) is 0 Å². The third-order valence-corrected chi connectivity index (χ3v) is 3.35. The minimum atomic E-state index is 0.556. The summed E-state index contributed by atoms with van der Waals surface area (Å²) in [4.78, 5) is 4.31. The third kappa shape index (κ3) is 2.52. The summed E-state index contributed by atoms with van der Waals surface area (Å²) in [6, 6.07) is 5.52. The van der Waals surface area contributed by atoms with Crippen LogP contribution >= 0.6 is 11.8 Å². The van der Waals surface area contributed by atoms with Crippen LogP contribution in [-0.2, 0) is 7.05 Å². The molecule has 2 aromatic rings. The summed E-state index contributed by atoms with van der Waals surface area (Å²) in [7, 11) is 3.48. The molecule has 0 saturated heterocycles. The average molecular weight is 250 g/mol. The van der Waals surface area contributed by atoms with Crippen molar-refractivity contribution in [1.29, 1.82) is 0 Å².